The van der Waals surface area contributed by atoms with Crippen molar-refractivity contribution in [3.05, 3.63) is 65.7 Å². The van der Waals surface area contributed by atoms with Crippen LogP contribution in [0.2, 0.25) is 0 Å². The van der Waals surface area contributed by atoms with Gasteiger partial charge >= 0.3 is 12.1 Å². The predicted octanol–water partition coefficient (Wildman–Crippen LogP) is 4.85. The molecule has 0 saturated heterocycles. The summed E-state index contributed by atoms with van der Waals surface area (Å²) in [5.41, 5.74) is 2.01. The van der Waals surface area contributed by atoms with Crippen molar-refractivity contribution in [3.63, 3.8) is 0 Å². The van der Waals surface area contributed by atoms with Crippen molar-refractivity contribution in [1.82, 2.24) is 4.90 Å². The van der Waals surface area contributed by atoms with Crippen LogP contribution in [-0.2, 0) is 21.5 Å². The molecule has 0 saturated carbocycles. The van der Waals surface area contributed by atoms with Crippen LogP contribution in [0.15, 0.2) is 59.6 Å². The van der Waals surface area contributed by atoms with Gasteiger partial charge in [-0.1, -0.05) is 42.5 Å². The Hall–Kier alpha value is -3.65. The number of anilines is 1. The van der Waals surface area contributed by atoms with Gasteiger partial charge in [-0.2, -0.15) is 8.78 Å². The molecule has 0 amide bonds. The Bertz CT molecular complexity index is 1370. The van der Waals surface area contributed by atoms with Crippen LogP contribution in [-0.4, -0.2) is 49.1 Å². The lowest BCUT2D eigenvalue weighted by atomic mass is 9.77. The first kappa shape index (κ1) is 23.1. The number of halogens is 2. The van der Waals surface area contributed by atoms with Gasteiger partial charge in [-0.05, 0) is 42.5 Å². The molecule has 8 heteroatoms. The van der Waals surface area contributed by atoms with E-state index in [0.717, 1.165) is 32.6 Å². The minimum absolute atomic E-state index is 0.0453. The number of aliphatic imine (C=N–C) groups is 1. The number of rotatable bonds is 6. The highest BCUT2D eigenvalue weighted by Crippen LogP contribution is 2.54. The average Bonchev–Trinajstić information content (AvgIpc) is 2.96. The number of hydrogen-bond donors (Lipinski definition) is 0. The SMILES string of the molecule is CN1c2cc(CN(CC(=O)F)CC(=O)F)ccc2C(C)(C)C12C=Nc1c(ccc3ccccc13)O2. The lowest BCUT2D eigenvalue weighted by molar-refractivity contribution is -0.133. The fraction of sp³-hybridized carbons (Fsp3) is 0.296. The zero-order chi connectivity index (χ0) is 25.0. The molecular weight excluding hydrogens is 452 g/mol. The van der Waals surface area contributed by atoms with Crippen LogP contribution in [0.25, 0.3) is 10.8 Å². The number of fused-ring (bicyclic) bond motifs is 4. The average molecular weight is 478 g/mol. The quantitative estimate of drug-likeness (QED) is 0.475. The number of likely N-dealkylation sites (N-methyl/N-ethyl adjacent to an activating group) is 1. The lowest BCUT2D eigenvalue weighted by Crippen LogP contribution is -2.61. The van der Waals surface area contributed by atoms with Crippen LogP contribution >= 0.6 is 0 Å². The Morgan fingerprint density at radius 3 is 2.46 bits per heavy atom. The molecule has 0 aliphatic carbocycles. The minimum atomic E-state index is -1.62. The number of carbonyl (C=O) groups excluding carboxylic acids is 2. The zero-order valence-electron chi connectivity index (χ0n) is 19.7. The summed E-state index contributed by atoms with van der Waals surface area (Å²) in [6, 6.07) is 14.4. The molecule has 0 bridgehead atoms. The van der Waals surface area contributed by atoms with E-state index in [9.17, 15) is 18.4 Å². The Morgan fingerprint density at radius 1 is 1.03 bits per heavy atom. The Labute approximate surface area is 201 Å². The summed E-state index contributed by atoms with van der Waals surface area (Å²) in [5.74, 6) is 0.688. The largest absolute Gasteiger partial charge is 0.459 e. The van der Waals surface area contributed by atoms with E-state index >= 15 is 0 Å². The number of nitrogens with zero attached hydrogens (tertiary/aromatic N) is 3. The number of carbonyl (C=O) groups is 2. The Kier molecular flexibility index (Phi) is 5.44. The van der Waals surface area contributed by atoms with Crippen LogP contribution in [0.4, 0.5) is 20.2 Å². The standard InChI is InChI=1S/C27H25F2N3O3/c1-26(2)20-10-8-17(13-32(14-23(28)33)15-24(29)34)12-21(20)31(3)27(26)16-30-25-19-7-5-4-6-18(19)9-11-22(25)35-27/h4-12,16H,13-15H2,1-3H3. The third kappa shape index (κ3) is 3.69. The van der Waals surface area contributed by atoms with E-state index in [4.69, 9.17) is 9.73 Å². The first-order valence-corrected chi connectivity index (χ1v) is 11.3. The smallest absolute Gasteiger partial charge is 0.315 e. The maximum Gasteiger partial charge on any atom is 0.315 e. The third-order valence-electron chi connectivity index (χ3n) is 7.09. The molecule has 2 aliphatic rings. The van der Waals surface area contributed by atoms with Crippen molar-refractivity contribution in [2.75, 3.05) is 25.0 Å². The van der Waals surface area contributed by atoms with Gasteiger partial charge in [0.05, 0.1) is 24.7 Å². The van der Waals surface area contributed by atoms with Gasteiger partial charge in [0.15, 0.2) is 0 Å². The molecule has 3 aromatic carbocycles. The summed E-state index contributed by atoms with van der Waals surface area (Å²) in [4.78, 5) is 29.9. The highest BCUT2D eigenvalue weighted by molar-refractivity contribution is 5.99. The lowest BCUT2D eigenvalue weighted by Gasteiger charge is -2.45. The van der Waals surface area contributed by atoms with Crippen molar-refractivity contribution in [2.24, 2.45) is 4.99 Å². The van der Waals surface area contributed by atoms with Crippen LogP contribution in [0.3, 0.4) is 0 Å². The summed E-state index contributed by atoms with van der Waals surface area (Å²) in [7, 11) is 1.92. The van der Waals surface area contributed by atoms with Crippen LogP contribution in [0.5, 0.6) is 5.75 Å². The van der Waals surface area contributed by atoms with Crippen molar-refractivity contribution >= 4 is 40.4 Å². The molecule has 1 spiro atoms. The zero-order valence-corrected chi connectivity index (χ0v) is 19.7. The molecule has 0 radical (unpaired) electrons. The van der Waals surface area contributed by atoms with E-state index in [1.165, 1.54) is 0 Å². The molecule has 35 heavy (non-hydrogen) atoms. The predicted molar refractivity (Wildman–Crippen MR) is 131 cm³/mol. The van der Waals surface area contributed by atoms with Crippen LogP contribution in [0, 0.1) is 0 Å². The van der Waals surface area contributed by atoms with Gasteiger partial charge in [0.2, 0.25) is 5.72 Å². The summed E-state index contributed by atoms with van der Waals surface area (Å²) in [6.45, 7) is 2.91. The van der Waals surface area contributed by atoms with E-state index in [0.29, 0.717) is 11.3 Å². The molecular formula is C27H25F2N3O3. The van der Waals surface area contributed by atoms with Gasteiger partial charge in [-0.15, -0.1) is 0 Å². The molecule has 0 aromatic heterocycles. The second kappa shape index (κ2) is 8.23. The van der Waals surface area contributed by atoms with Gasteiger partial charge < -0.3 is 9.64 Å². The minimum Gasteiger partial charge on any atom is -0.459 e. The summed E-state index contributed by atoms with van der Waals surface area (Å²) in [5, 5.41) is 2.09. The summed E-state index contributed by atoms with van der Waals surface area (Å²) >= 11 is 0. The van der Waals surface area contributed by atoms with E-state index in [2.05, 4.69) is 13.8 Å². The fourth-order valence-electron chi connectivity index (χ4n) is 5.29. The van der Waals surface area contributed by atoms with E-state index in [1.54, 1.807) is 0 Å². The molecule has 1 unspecified atom stereocenters. The maximum atomic E-state index is 13.0. The highest BCUT2D eigenvalue weighted by atomic mass is 19.1. The van der Waals surface area contributed by atoms with Crippen LogP contribution in [0.1, 0.15) is 25.0 Å². The molecule has 3 aromatic rings. The van der Waals surface area contributed by atoms with E-state index in [-0.39, 0.29) is 6.54 Å². The second-order valence-electron chi connectivity index (χ2n) is 9.58. The number of hydrogen-bond acceptors (Lipinski definition) is 6. The first-order chi connectivity index (χ1) is 16.6. The Balaban J connectivity index is 1.51. The Morgan fingerprint density at radius 2 is 1.74 bits per heavy atom. The molecule has 2 aliphatic heterocycles. The van der Waals surface area contributed by atoms with E-state index in [1.807, 2.05) is 72.8 Å². The first-order valence-electron chi connectivity index (χ1n) is 11.3. The fourth-order valence-corrected chi connectivity index (χ4v) is 5.29. The molecule has 180 valence electrons. The van der Waals surface area contributed by atoms with Crippen molar-refractivity contribution in [2.45, 2.75) is 31.5 Å². The molecule has 1 atom stereocenters. The van der Waals surface area contributed by atoms with Gasteiger partial charge in [0.1, 0.15) is 11.4 Å². The molecule has 0 fully saturated rings. The van der Waals surface area contributed by atoms with Gasteiger partial charge in [0.25, 0.3) is 0 Å². The molecule has 5 rings (SSSR count). The van der Waals surface area contributed by atoms with Crippen LogP contribution < -0.4 is 9.64 Å². The van der Waals surface area contributed by atoms with Crippen molar-refractivity contribution < 1.29 is 23.1 Å². The third-order valence-corrected chi connectivity index (χ3v) is 7.09. The van der Waals surface area contributed by atoms with Gasteiger partial charge in [-0.3, -0.25) is 19.5 Å². The second-order valence-corrected chi connectivity index (χ2v) is 9.58. The highest BCUT2D eigenvalue weighted by Gasteiger charge is 2.58. The molecule has 6 nitrogen and oxygen atoms in total. The van der Waals surface area contributed by atoms with E-state index < -0.39 is 36.3 Å². The maximum absolute atomic E-state index is 13.0. The molecule has 0 N–H and O–H groups in total. The van der Waals surface area contributed by atoms with Crippen molar-refractivity contribution in [3.8, 4) is 5.75 Å². The number of benzene rings is 3. The molecule has 2 heterocycles. The topological polar surface area (TPSA) is 62.2 Å². The monoisotopic (exact) mass is 477 g/mol. The number of ether oxygens (including phenoxy) is 1. The summed E-state index contributed by atoms with van der Waals surface area (Å²) < 4.78 is 32.7. The summed E-state index contributed by atoms with van der Waals surface area (Å²) in [6.07, 6.45) is 1.84. The van der Waals surface area contributed by atoms with Gasteiger partial charge in [0, 0.05) is 24.7 Å². The van der Waals surface area contributed by atoms with Gasteiger partial charge in [-0.25, -0.2) is 0 Å². The normalized spacial score (nSPS) is 19.7. The van der Waals surface area contributed by atoms with Crippen molar-refractivity contribution in [1.29, 1.82) is 0 Å².